The van der Waals surface area contributed by atoms with Gasteiger partial charge in [0.05, 0.1) is 32.3 Å². The molecular formula is C76H38N16O4. The fourth-order valence-electron chi connectivity index (χ4n) is 14.1. The first-order valence-electron chi connectivity index (χ1n) is 31.0. The van der Waals surface area contributed by atoms with E-state index in [1.165, 1.54) is 0 Å². The molecule has 0 amide bonds. The van der Waals surface area contributed by atoms with Crippen LogP contribution in [0.5, 0.6) is 0 Å². The molecule has 0 unspecified atom stereocenters. The Balaban J connectivity index is 0.975. The van der Waals surface area contributed by atoms with Crippen LogP contribution in [-0.4, -0.2) is 79.7 Å². The third-order valence-electron chi connectivity index (χ3n) is 18.4. The maximum absolute atomic E-state index is 7.50. The maximum Gasteiger partial charge on any atom is 0.168 e. The summed E-state index contributed by atoms with van der Waals surface area (Å²) in [5, 5.41) is 9.45. The van der Waals surface area contributed by atoms with E-state index in [1.807, 2.05) is 206 Å². The Hall–Kier alpha value is -13.9. The zero-order valence-corrected chi connectivity index (χ0v) is 49.6. The molecule has 22 rings (SSSR count). The SMILES string of the molecule is c1ccc2c(c1)-c1nc-2nc2[nH]c3nc4nc(nc5[nH]c(n1)c1ccccc51)c1cccc(oc5cccc6oc7cccc8c9nc(nc%10[nH]c(nc%11nc(nc%12[nH]c(n9)c9ccccc%129)-c9ccccc9-%11)c9cccc(oc%11cccc(oc%12cccc2c3%12)c%11c56)c%109)c78)c41. The number of hydrogen-bond donors (Lipinski definition) is 4. The predicted octanol–water partition coefficient (Wildman–Crippen LogP) is 18.1. The maximum atomic E-state index is 7.50. The van der Waals surface area contributed by atoms with Crippen molar-refractivity contribution in [2.45, 2.75) is 0 Å². The molecule has 20 heteroatoms. The van der Waals surface area contributed by atoms with E-state index in [1.54, 1.807) is 0 Å². The Bertz CT molecular complexity index is 6910. The van der Waals surface area contributed by atoms with Gasteiger partial charge in [-0.1, -0.05) is 158 Å². The highest BCUT2D eigenvalue weighted by molar-refractivity contribution is 6.21. The van der Waals surface area contributed by atoms with E-state index in [9.17, 15) is 0 Å². The summed E-state index contributed by atoms with van der Waals surface area (Å²) in [7, 11) is 0. The highest BCUT2D eigenvalue weighted by Crippen LogP contribution is 2.42. The smallest absolute Gasteiger partial charge is 0.168 e. The fraction of sp³-hybridized carbons (Fsp3) is 0. The van der Waals surface area contributed by atoms with Gasteiger partial charge in [-0.3, -0.25) is 0 Å². The second-order valence-electron chi connectivity index (χ2n) is 23.8. The zero-order valence-electron chi connectivity index (χ0n) is 49.6. The van der Waals surface area contributed by atoms with E-state index < -0.39 is 0 Å². The topological polar surface area (TPSA) is 270 Å². The molecule has 2 aliphatic heterocycles. The van der Waals surface area contributed by atoms with Crippen LogP contribution in [0, 0.1) is 0 Å². The van der Waals surface area contributed by atoms with Gasteiger partial charge in [0.2, 0.25) is 0 Å². The van der Waals surface area contributed by atoms with Gasteiger partial charge in [-0.2, -0.15) is 0 Å². The van der Waals surface area contributed by atoms with E-state index >= 15 is 0 Å². The summed E-state index contributed by atoms with van der Waals surface area (Å²) in [6, 6.07) is 66.6. The van der Waals surface area contributed by atoms with Gasteiger partial charge in [-0.25, -0.2) is 59.8 Å². The molecule has 2 aliphatic rings. The third kappa shape index (κ3) is 7.30. The van der Waals surface area contributed by atoms with Crippen molar-refractivity contribution in [2.24, 2.45) is 0 Å². The lowest BCUT2D eigenvalue weighted by Crippen LogP contribution is -1.81. The number of H-pyrrole nitrogens is 4. The van der Waals surface area contributed by atoms with Gasteiger partial charge in [0.1, 0.15) is 89.8 Å². The number of aromatic nitrogens is 16. The molecule has 0 atom stereocenters. The first kappa shape index (κ1) is 50.8. The van der Waals surface area contributed by atoms with E-state index in [-0.39, 0.29) is 0 Å². The minimum atomic E-state index is 0.320. The average molecular weight is 1240 g/mol. The van der Waals surface area contributed by atoms with Crippen LogP contribution in [0.2, 0.25) is 0 Å². The van der Waals surface area contributed by atoms with E-state index in [0.29, 0.717) is 190 Å². The van der Waals surface area contributed by atoms with Crippen molar-refractivity contribution in [3.8, 4) is 45.6 Å². The summed E-state index contributed by atoms with van der Waals surface area (Å²) < 4.78 is 30.0. The van der Waals surface area contributed by atoms with Crippen molar-refractivity contribution in [1.82, 2.24) is 79.7 Å². The van der Waals surface area contributed by atoms with Crippen molar-refractivity contribution >= 4 is 188 Å². The first-order chi connectivity index (χ1) is 47.5. The molecule has 12 heterocycles. The summed E-state index contributed by atoms with van der Waals surface area (Å²) in [5.74, 6) is 1.91. The number of fused-ring (bicyclic) bond motifs is 28. The minimum Gasteiger partial charge on any atom is -0.456 e. The molecule has 446 valence electrons. The van der Waals surface area contributed by atoms with E-state index in [2.05, 4.69) is 19.9 Å². The van der Waals surface area contributed by atoms with Crippen molar-refractivity contribution in [2.75, 3.05) is 0 Å². The van der Waals surface area contributed by atoms with Gasteiger partial charge in [0.15, 0.2) is 45.9 Å². The van der Waals surface area contributed by atoms with Crippen molar-refractivity contribution in [3.63, 3.8) is 0 Å². The summed E-state index contributed by atoms with van der Waals surface area (Å²) in [6.07, 6.45) is 0. The molecule has 10 aromatic carbocycles. The number of rotatable bonds is 0. The van der Waals surface area contributed by atoms with Crippen molar-refractivity contribution < 1.29 is 17.7 Å². The van der Waals surface area contributed by atoms with Gasteiger partial charge >= 0.3 is 0 Å². The zero-order chi connectivity index (χ0) is 62.4. The Morgan fingerprint density at radius 2 is 0.427 bits per heavy atom. The quantitative estimate of drug-likeness (QED) is 0.110. The van der Waals surface area contributed by atoms with Crippen LogP contribution < -0.4 is 0 Å². The highest BCUT2D eigenvalue weighted by atomic mass is 16.4. The Labute approximate surface area is 534 Å². The molecule has 0 saturated carbocycles. The summed E-state index contributed by atoms with van der Waals surface area (Å²) >= 11 is 0. The largest absolute Gasteiger partial charge is 0.456 e. The third-order valence-corrected chi connectivity index (χ3v) is 18.4. The Kier molecular flexibility index (Phi) is 9.99. The van der Waals surface area contributed by atoms with Crippen LogP contribution in [0.3, 0.4) is 0 Å². The fourth-order valence-corrected chi connectivity index (χ4v) is 14.1. The van der Waals surface area contributed by atoms with Crippen molar-refractivity contribution in [1.29, 1.82) is 0 Å². The van der Waals surface area contributed by atoms with Crippen LogP contribution in [0.1, 0.15) is 0 Å². The molecule has 4 N–H and O–H groups in total. The van der Waals surface area contributed by atoms with Gasteiger partial charge in [0.25, 0.3) is 0 Å². The predicted molar refractivity (Wildman–Crippen MR) is 372 cm³/mol. The number of aromatic amines is 4. The second kappa shape index (κ2) is 18.9. The van der Waals surface area contributed by atoms with Gasteiger partial charge in [-0.15, -0.1) is 0 Å². The van der Waals surface area contributed by atoms with Gasteiger partial charge in [0, 0.05) is 65.3 Å². The lowest BCUT2D eigenvalue weighted by molar-refractivity contribution is 0.646. The highest BCUT2D eigenvalue weighted by Gasteiger charge is 2.25. The average Bonchev–Trinajstić information content (AvgIpc) is 1.49. The molecule has 0 radical (unpaired) electrons. The van der Waals surface area contributed by atoms with E-state index in [4.69, 9.17) is 77.5 Å². The molecule has 0 spiro atoms. The van der Waals surface area contributed by atoms with Crippen LogP contribution in [0.25, 0.3) is 233 Å². The molecule has 16 bridgehead atoms. The number of benzene rings is 10. The number of nitrogens with zero attached hydrogens (tertiary/aromatic N) is 12. The summed E-state index contributed by atoms with van der Waals surface area (Å²) in [4.78, 5) is 78.1. The lowest BCUT2D eigenvalue weighted by atomic mass is 10.1. The molecule has 0 saturated heterocycles. The lowest BCUT2D eigenvalue weighted by Gasteiger charge is -2.04. The Morgan fingerprint density at radius 3 is 0.781 bits per heavy atom. The summed E-state index contributed by atoms with van der Waals surface area (Å²) in [6.45, 7) is 0. The van der Waals surface area contributed by atoms with Crippen LogP contribution in [0.4, 0.5) is 0 Å². The Morgan fingerprint density at radius 1 is 0.177 bits per heavy atom. The molecule has 20 aromatic rings. The van der Waals surface area contributed by atoms with Crippen LogP contribution >= 0.6 is 0 Å². The van der Waals surface area contributed by atoms with Crippen LogP contribution in [-0.2, 0) is 0 Å². The standard InChI is InChI=1S/C76H38N16O4/c1-5-19-39-35(15-1)61-77-62-36-16-2-6-20-40(36)66(80-62)84-70-44-24-10-28-48-56(44)74(88-70)91-73-55-43(69(87-73)83-65(39)79-61)23-9-27-47(55)93-51-31-13-32-52-59(51)60-53(94-48)33-14-34-54(60)96-50-30-12-26-46-58(50)76-90-72(46)86-68-42-22-8-4-18-38(42)64(82-68)78-63-37-17-3-7-21-41(37)67(81-63)85-71-45-25-11-29-49(95-52)57(45)75(89-71)92-76/h1-34H,(H2,77,79,80,83,84,87,88,91)(H2,78,81,82,85,86,89,90,92). The molecule has 20 nitrogen and oxygen atoms in total. The van der Waals surface area contributed by atoms with Crippen LogP contribution in [0.15, 0.2) is 224 Å². The number of nitrogens with one attached hydrogen (secondary N) is 4. The molecule has 96 heavy (non-hydrogen) atoms. The van der Waals surface area contributed by atoms with Crippen molar-refractivity contribution in [3.05, 3.63) is 206 Å². The minimum absolute atomic E-state index is 0.320. The normalized spacial score (nSPS) is 12.4. The second-order valence-corrected chi connectivity index (χ2v) is 23.8. The van der Waals surface area contributed by atoms with Gasteiger partial charge < -0.3 is 37.6 Å². The first-order valence-corrected chi connectivity index (χ1v) is 31.0. The van der Waals surface area contributed by atoms with E-state index in [0.717, 1.165) is 43.8 Å². The number of hydrogen-bond acceptors (Lipinski definition) is 16. The summed E-state index contributed by atoms with van der Waals surface area (Å²) in [5.41, 5.74) is 12.0. The monoisotopic (exact) mass is 1240 g/mol. The molecular weight excluding hydrogens is 1200 g/mol. The molecule has 0 aliphatic carbocycles. The molecule has 10 aromatic heterocycles. The molecule has 0 fully saturated rings. The van der Waals surface area contributed by atoms with Gasteiger partial charge in [-0.05, 0) is 48.5 Å².